The second kappa shape index (κ2) is 7.38. The first kappa shape index (κ1) is 16.5. The zero-order valence-electron chi connectivity index (χ0n) is 13.3. The number of nitrogens with one attached hydrogen (secondary N) is 1. The SMILES string of the molecule is CCC(C)C1NC(c2cccs2)N(CC(C)COC)C1=O. The van der Waals surface area contributed by atoms with Crippen LogP contribution in [0.25, 0.3) is 0 Å². The highest BCUT2D eigenvalue weighted by atomic mass is 32.1. The molecule has 0 saturated carbocycles. The van der Waals surface area contributed by atoms with Gasteiger partial charge in [0.2, 0.25) is 5.91 Å². The number of methoxy groups -OCH3 is 1. The number of ether oxygens (including phenoxy) is 1. The van der Waals surface area contributed by atoms with Crippen molar-refractivity contribution in [1.29, 1.82) is 0 Å². The van der Waals surface area contributed by atoms with Gasteiger partial charge in [-0.25, -0.2) is 0 Å². The van der Waals surface area contributed by atoms with E-state index in [-0.39, 0.29) is 18.1 Å². The molecule has 2 rings (SSSR count). The summed E-state index contributed by atoms with van der Waals surface area (Å²) in [6.45, 7) is 7.81. The summed E-state index contributed by atoms with van der Waals surface area (Å²) in [5, 5.41) is 5.60. The van der Waals surface area contributed by atoms with Gasteiger partial charge >= 0.3 is 0 Å². The Hall–Kier alpha value is -0.910. The lowest BCUT2D eigenvalue weighted by Gasteiger charge is -2.26. The first-order chi connectivity index (χ1) is 10.1. The third-order valence-corrected chi connectivity index (χ3v) is 5.11. The Labute approximate surface area is 131 Å². The minimum absolute atomic E-state index is 0.0100. The van der Waals surface area contributed by atoms with Gasteiger partial charge in [0.05, 0.1) is 12.6 Å². The quantitative estimate of drug-likeness (QED) is 0.842. The van der Waals surface area contributed by atoms with Crippen LogP contribution in [0.15, 0.2) is 17.5 Å². The predicted octanol–water partition coefficient (Wildman–Crippen LogP) is 2.88. The van der Waals surface area contributed by atoms with Gasteiger partial charge in [0, 0.05) is 18.5 Å². The van der Waals surface area contributed by atoms with Crippen LogP contribution in [0.2, 0.25) is 0 Å². The lowest BCUT2D eigenvalue weighted by Crippen LogP contribution is -2.37. The first-order valence-corrected chi connectivity index (χ1v) is 8.55. The fraction of sp³-hybridized carbons (Fsp3) is 0.688. The maximum absolute atomic E-state index is 12.8. The number of hydrogen-bond donors (Lipinski definition) is 1. The molecular weight excluding hydrogens is 284 g/mol. The van der Waals surface area contributed by atoms with Crippen molar-refractivity contribution >= 4 is 17.2 Å². The lowest BCUT2D eigenvalue weighted by atomic mass is 9.99. The Kier molecular flexibility index (Phi) is 5.79. The minimum Gasteiger partial charge on any atom is -0.384 e. The van der Waals surface area contributed by atoms with E-state index in [9.17, 15) is 4.79 Å². The smallest absolute Gasteiger partial charge is 0.241 e. The number of hydrogen-bond acceptors (Lipinski definition) is 4. The molecule has 4 atom stereocenters. The van der Waals surface area contributed by atoms with Crippen LogP contribution in [0.5, 0.6) is 0 Å². The molecule has 1 N–H and O–H groups in total. The lowest BCUT2D eigenvalue weighted by molar-refractivity contribution is -0.131. The highest BCUT2D eigenvalue weighted by molar-refractivity contribution is 7.10. The van der Waals surface area contributed by atoms with Crippen molar-refractivity contribution in [3.8, 4) is 0 Å². The van der Waals surface area contributed by atoms with E-state index < -0.39 is 0 Å². The summed E-state index contributed by atoms with van der Waals surface area (Å²) in [6, 6.07) is 4.07. The summed E-state index contributed by atoms with van der Waals surface area (Å²) < 4.78 is 5.21. The molecule has 118 valence electrons. The van der Waals surface area contributed by atoms with Crippen LogP contribution < -0.4 is 5.32 Å². The molecule has 0 bridgehead atoms. The number of carbonyl (C=O) groups excluding carboxylic acids is 1. The highest BCUT2D eigenvalue weighted by Crippen LogP contribution is 2.32. The van der Waals surface area contributed by atoms with Crippen LogP contribution in [0.3, 0.4) is 0 Å². The predicted molar refractivity (Wildman–Crippen MR) is 86.2 cm³/mol. The fourth-order valence-electron chi connectivity index (χ4n) is 2.83. The monoisotopic (exact) mass is 310 g/mol. The van der Waals surface area contributed by atoms with Gasteiger partial charge in [0.25, 0.3) is 0 Å². The summed E-state index contributed by atoms with van der Waals surface area (Å²) in [6.07, 6.45) is 1.01. The van der Waals surface area contributed by atoms with E-state index in [1.807, 2.05) is 11.0 Å². The first-order valence-electron chi connectivity index (χ1n) is 7.67. The van der Waals surface area contributed by atoms with Crippen molar-refractivity contribution in [1.82, 2.24) is 10.2 Å². The molecule has 0 aromatic carbocycles. The summed E-state index contributed by atoms with van der Waals surface area (Å²) in [5.74, 6) is 0.910. The van der Waals surface area contributed by atoms with Gasteiger partial charge in [0.15, 0.2) is 0 Å². The van der Waals surface area contributed by atoms with Crippen LogP contribution in [0.4, 0.5) is 0 Å². The van der Waals surface area contributed by atoms with Crippen LogP contribution >= 0.6 is 11.3 Å². The number of rotatable bonds is 7. The summed E-state index contributed by atoms with van der Waals surface area (Å²) in [5.41, 5.74) is 0. The largest absolute Gasteiger partial charge is 0.384 e. The van der Waals surface area contributed by atoms with Crippen molar-refractivity contribution in [2.45, 2.75) is 39.4 Å². The Morgan fingerprint density at radius 3 is 2.81 bits per heavy atom. The Bertz CT molecular complexity index is 449. The summed E-state index contributed by atoms with van der Waals surface area (Å²) in [4.78, 5) is 16.0. The third kappa shape index (κ3) is 3.65. The molecule has 0 aliphatic carbocycles. The average Bonchev–Trinajstić information content (AvgIpc) is 3.08. The number of carbonyl (C=O) groups is 1. The Morgan fingerprint density at radius 1 is 1.48 bits per heavy atom. The van der Waals surface area contributed by atoms with Crippen LogP contribution in [-0.2, 0) is 9.53 Å². The van der Waals surface area contributed by atoms with Crippen molar-refractivity contribution in [3.05, 3.63) is 22.4 Å². The average molecular weight is 310 g/mol. The maximum Gasteiger partial charge on any atom is 0.241 e. The minimum atomic E-state index is -0.0724. The van der Waals surface area contributed by atoms with E-state index in [0.717, 1.165) is 13.0 Å². The molecule has 1 aromatic heterocycles. The zero-order chi connectivity index (χ0) is 15.4. The standard InChI is InChI=1S/C16H26N2O2S/c1-5-12(3)14-16(19)18(9-11(2)10-20-4)15(17-14)13-7-6-8-21-13/h6-8,11-12,14-15,17H,5,9-10H2,1-4H3. The van der Waals surface area contributed by atoms with Gasteiger partial charge < -0.3 is 9.64 Å². The van der Waals surface area contributed by atoms with Crippen LogP contribution in [0, 0.1) is 11.8 Å². The normalized spacial score (nSPS) is 25.3. The van der Waals surface area contributed by atoms with E-state index in [2.05, 4.69) is 37.5 Å². The van der Waals surface area contributed by atoms with Crippen molar-refractivity contribution in [2.24, 2.45) is 11.8 Å². The molecule has 1 aliphatic heterocycles. The van der Waals surface area contributed by atoms with E-state index in [4.69, 9.17) is 4.74 Å². The van der Waals surface area contributed by atoms with Gasteiger partial charge in [0.1, 0.15) is 6.17 Å². The molecule has 0 spiro atoms. The second-order valence-electron chi connectivity index (χ2n) is 6.00. The van der Waals surface area contributed by atoms with Crippen LogP contribution in [0.1, 0.15) is 38.2 Å². The van der Waals surface area contributed by atoms with E-state index in [1.165, 1.54) is 4.88 Å². The van der Waals surface area contributed by atoms with Gasteiger partial charge in [-0.2, -0.15) is 0 Å². The number of nitrogens with zero attached hydrogens (tertiary/aromatic N) is 1. The van der Waals surface area contributed by atoms with Gasteiger partial charge in [-0.1, -0.05) is 33.3 Å². The summed E-state index contributed by atoms with van der Waals surface area (Å²) >= 11 is 1.70. The van der Waals surface area contributed by atoms with Crippen molar-refractivity contribution in [3.63, 3.8) is 0 Å². The van der Waals surface area contributed by atoms with E-state index >= 15 is 0 Å². The van der Waals surface area contributed by atoms with E-state index in [1.54, 1.807) is 18.4 Å². The molecular formula is C16H26N2O2S. The van der Waals surface area contributed by atoms with Crippen molar-refractivity contribution in [2.75, 3.05) is 20.3 Å². The molecule has 1 aliphatic rings. The topological polar surface area (TPSA) is 41.6 Å². The fourth-order valence-corrected chi connectivity index (χ4v) is 3.63. The third-order valence-electron chi connectivity index (χ3n) is 4.18. The maximum atomic E-state index is 12.8. The van der Waals surface area contributed by atoms with E-state index in [0.29, 0.717) is 18.4 Å². The molecule has 4 unspecified atom stereocenters. The van der Waals surface area contributed by atoms with Crippen LogP contribution in [-0.4, -0.2) is 37.1 Å². The Morgan fingerprint density at radius 2 is 2.24 bits per heavy atom. The highest BCUT2D eigenvalue weighted by Gasteiger charge is 2.42. The molecule has 2 heterocycles. The zero-order valence-corrected chi connectivity index (χ0v) is 14.2. The second-order valence-corrected chi connectivity index (χ2v) is 6.98. The van der Waals surface area contributed by atoms with Crippen molar-refractivity contribution < 1.29 is 9.53 Å². The number of amides is 1. The molecule has 0 radical (unpaired) electrons. The molecule has 21 heavy (non-hydrogen) atoms. The molecule has 1 amide bonds. The van der Waals surface area contributed by atoms with Gasteiger partial charge in [-0.15, -0.1) is 11.3 Å². The number of thiophene rings is 1. The summed E-state index contributed by atoms with van der Waals surface area (Å²) in [7, 11) is 1.71. The molecule has 1 fully saturated rings. The molecule has 5 heteroatoms. The molecule has 4 nitrogen and oxygen atoms in total. The van der Waals surface area contributed by atoms with Gasteiger partial charge in [-0.3, -0.25) is 10.1 Å². The Balaban J connectivity index is 2.17. The molecule has 1 aromatic rings. The van der Waals surface area contributed by atoms with Gasteiger partial charge in [-0.05, 0) is 23.3 Å². The molecule has 1 saturated heterocycles.